The monoisotopic (exact) mass is 463 g/mol. The normalized spacial score (nSPS) is 17.2. The van der Waals surface area contributed by atoms with Gasteiger partial charge in [0.1, 0.15) is 11.5 Å². The van der Waals surface area contributed by atoms with Crippen LogP contribution >= 0.6 is 0 Å². The van der Waals surface area contributed by atoms with Gasteiger partial charge < -0.3 is 9.84 Å². The Hall–Kier alpha value is -4.38. The van der Waals surface area contributed by atoms with Crippen LogP contribution in [0.2, 0.25) is 0 Å². The summed E-state index contributed by atoms with van der Waals surface area (Å²) in [6.45, 7) is 3.88. The molecule has 1 aliphatic heterocycles. The van der Waals surface area contributed by atoms with E-state index in [0.29, 0.717) is 22.6 Å². The van der Waals surface area contributed by atoms with E-state index >= 15 is 0 Å². The zero-order valence-corrected chi connectivity index (χ0v) is 19.8. The van der Waals surface area contributed by atoms with Crippen LogP contribution in [0, 0.1) is 13.8 Å². The molecule has 0 aliphatic carbocycles. The Bertz CT molecular complexity index is 1510. The fourth-order valence-corrected chi connectivity index (χ4v) is 4.92. The molecule has 1 amide bonds. The lowest BCUT2D eigenvalue weighted by atomic mass is 9.92. The first-order valence-electron chi connectivity index (χ1n) is 11.4. The molecule has 1 N–H and O–H groups in total. The predicted molar refractivity (Wildman–Crippen MR) is 138 cm³/mol. The van der Waals surface area contributed by atoms with Crippen LogP contribution in [0.1, 0.15) is 28.3 Å². The maximum absolute atomic E-state index is 13.6. The van der Waals surface area contributed by atoms with Crippen molar-refractivity contribution in [2.24, 2.45) is 0 Å². The van der Waals surface area contributed by atoms with Crippen molar-refractivity contribution < 1.29 is 19.4 Å². The lowest BCUT2D eigenvalue weighted by Crippen LogP contribution is -2.30. The van der Waals surface area contributed by atoms with E-state index in [1.54, 1.807) is 19.2 Å². The van der Waals surface area contributed by atoms with Gasteiger partial charge in [-0.2, -0.15) is 0 Å². The molecule has 0 spiro atoms. The number of aliphatic hydroxyl groups is 1. The second kappa shape index (κ2) is 8.76. The highest BCUT2D eigenvalue weighted by Gasteiger charge is 2.48. The number of amides is 1. The molecule has 1 fully saturated rings. The minimum absolute atomic E-state index is 0.0378. The van der Waals surface area contributed by atoms with Crippen LogP contribution in [0.5, 0.6) is 5.75 Å². The van der Waals surface area contributed by atoms with Gasteiger partial charge in [-0.3, -0.25) is 14.5 Å². The minimum Gasteiger partial charge on any atom is -0.507 e. The predicted octanol–water partition coefficient (Wildman–Crippen LogP) is 6.09. The maximum atomic E-state index is 13.6. The van der Waals surface area contributed by atoms with Crippen LogP contribution < -0.4 is 9.64 Å². The molecule has 1 atom stereocenters. The molecule has 1 aliphatic rings. The fourth-order valence-electron chi connectivity index (χ4n) is 4.92. The van der Waals surface area contributed by atoms with E-state index in [0.717, 1.165) is 21.9 Å². The third-order valence-electron chi connectivity index (χ3n) is 6.53. The Balaban J connectivity index is 1.82. The molecule has 0 saturated carbocycles. The molecule has 35 heavy (non-hydrogen) atoms. The van der Waals surface area contributed by atoms with Crippen molar-refractivity contribution in [3.05, 3.63) is 113 Å². The van der Waals surface area contributed by atoms with Crippen molar-refractivity contribution >= 4 is 33.9 Å². The topological polar surface area (TPSA) is 66.8 Å². The summed E-state index contributed by atoms with van der Waals surface area (Å²) < 4.78 is 5.61. The molecule has 0 aromatic heterocycles. The highest BCUT2D eigenvalue weighted by Crippen LogP contribution is 2.46. The molecular formula is C30H25NO4. The Kier molecular flexibility index (Phi) is 5.61. The van der Waals surface area contributed by atoms with Crippen LogP contribution in [0.25, 0.3) is 16.5 Å². The lowest BCUT2D eigenvalue weighted by molar-refractivity contribution is -0.132. The fraction of sp³-hybridized carbons (Fsp3) is 0.133. The van der Waals surface area contributed by atoms with Gasteiger partial charge in [-0.15, -0.1) is 0 Å². The maximum Gasteiger partial charge on any atom is 0.300 e. The number of nitrogens with zero attached hydrogens (tertiary/aromatic N) is 1. The number of carbonyl (C=O) groups is 2. The zero-order valence-electron chi connectivity index (χ0n) is 19.8. The van der Waals surface area contributed by atoms with Crippen LogP contribution in [0.4, 0.5) is 5.69 Å². The van der Waals surface area contributed by atoms with Crippen LogP contribution in [0.15, 0.2) is 90.5 Å². The summed E-state index contributed by atoms with van der Waals surface area (Å²) in [6, 6.07) is 25.3. The molecule has 4 aromatic rings. The number of benzene rings is 4. The minimum atomic E-state index is -0.855. The summed E-state index contributed by atoms with van der Waals surface area (Å²) in [5.74, 6) is -1.10. The van der Waals surface area contributed by atoms with Crippen molar-refractivity contribution in [1.29, 1.82) is 0 Å². The average Bonchev–Trinajstić information content (AvgIpc) is 3.13. The highest BCUT2D eigenvalue weighted by atomic mass is 16.5. The summed E-state index contributed by atoms with van der Waals surface area (Å²) in [4.78, 5) is 28.6. The first kappa shape index (κ1) is 22.4. The number of ketones is 1. The average molecular weight is 464 g/mol. The number of hydrogen-bond donors (Lipinski definition) is 1. The SMILES string of the molecule is COc1ccccc1C1/C(=C(\O)c2cccc3ccccc23)C(=O)C(=O)N1c1ccc(C)cc1C. The molecule has 5 rings (SSSR count). The molecule has 5 nitrogen and oxygen atoms in total. The van der Waals surface area contributed by atoms with Gasteiger partial charge in [-0.25, -0.2) is 0 Å². The van der Waals surface area contributed by atoms with Gasteiger partial charge in [0.15, 0.2) is 0 Å². The van der Waals surface area contributed by atoms with Gasteiger partial charge in [-0.05, 0) is 42.3 Å². The number of Topliss-reactive ketones (excluding diaryl/α,β-unsaturated/α-hetero) is 1. The summed E-state index contributed by atoms with van der Waals surface area (Å²) in [6.07, 6.45) is 0. The number of fused-ring (bicyclic) bond motifs is 1. The molecule has 1 saturated heterocycles. The standard InChI is InChI=1S/C30H25NO4/c1-18-15-16-24(19(2)17-18)31-27(23-12-6-7-14-25(23)35-3)26(29(33)30(31)34)28(32)22-13-8-10-20-9-4-5-11-21(20)22/h4-17,27,32H,1-3H3/b28-26+. The Morgan fingerprint density at radius 2 is 1.60 bits per heavy atom. The Morgan fingerprint density at radius 3 is 2.37 bits per heavy atom. The largest absolute Gasteiger partial charge is 0.507 e. The molecule has 0 bridgehead atoms. The first-order valence-corrected chi connectivity index (χ1v) is 11.4. The molecule has 1 heterocycles. The summed E-state index contributed by atoms with van der Waals surface area (Å²) in [7, 11) is 1.55. The number of methoxy groups -OCH3 is 1. The van der Waals surface area contributed by atoms with E-state index in [9.17, 15) is 14.7 Å². The van der Waals surface area contributed by atoms with Crippen LogP contribution in [0.3, 0.4) is 0 Å². The van der Waals surface area contributed by atoms with E-state index in [-0.39, 0.29) is 11.3 Å². The number of hydrogen-bond acceptors (Lipinski definition) is 4. The van der Waals surface area contributed by atoms with E-state index in [1.165, 1.54) is 4.90 Å². The van der Waals surface area contributed by atoms with Crippen LogP contribution in [-0.4, -0.2) is 23.9 Å². The summed E-state index contributed by atoms with van der Waals surface area (Å²) in [5, 5.41) is 13.3. The van der Waals surface area contributed by atoms with Gasteiger partial charge in [0.05, 0.1) is 18.7 Å². The quantitative estimate of drug-likeness (QED) is 0.226. The van der Waals surface area contributed by atoms with Crippen molar-refractivity contribution in [1.82, 2.24) is 0 Å². The molecule has 4 aromatic carbocycles. The third-order valence-corrected chi connectivity index (χ3v) is 6.53. The summed E-state index contributed by atoms with van der Waals surface area (Å²) >= 11 is 0. The molecular weight excluding hydrogens is 438 g/mol. The number of anilines is 1. The van der Waals surface area contributed by atoms with Gasteiger partial charge >= 0.3 is 0 Å². The van der Waals surface area contributed by atoms with Crippen molar-refractivity contribution in [2.45, 2.75) is 19.9 Å². The van der Waals surface area contributed by atoms with E-state index in [1.807, 2.05) is 86.6 Å². The number of para-hydroxylation sites is 1. The number of carbonyl (C=O) groups excluding carboxylic acids is 2. The highest BCUT2D eigenvalue weighted by molar-refractivity contribution is 6.52. The van der Waals surface area contributed by atoms with Crippen molar-refractivity contribution in [2.75, 3.05) is 12.0 Å². The second-order valence-corrected chi connectivity index (χ2v) is 8.73. The zero-order chi connectivity index (χ0) is 24.7. The van der Waals surface area contributed by atoms with Gasteiger partial charge in [-0.1, -0.05) is 78.4 Å². The number of aryl methyl sites for hydroxylation is 2. The molecule has 1 unspecified atom stereocenters. The number of rotatable bonds is 4. The van der Waals surface area contributed by atoms with Crippen molar-refractivity contribution in [3.63, 3.8) is 0 Å². The van der Waals surface area contributed by atoms with E-state index < -0.39 is 17.7 Å². The Morgan fingerprint density at radius 1 is 0.886 bits per heavy atom. The summed E-state index contributed by atoms with van der Waals surface area (Å²) in [5.41, 5.74) is 3.68. The van der Waals surface area contributed by atoms with Gasteiger partial charge in [0, 0.05) is 16.8 Å². The number of aliphatic hydroxyl groups excluding tert-OH is 1. The van der Waals surface area contributed by atoms with Gasteiger partial charge in [0.25, 0.3) is 11.7 Å². The van der Waals surface area contributed by atoms with E-state index in [4.69, 9.17) is 4.74 Å². The number of ether oxygens (including phenoxy) is 1. The molecule has 5 heteroatoms. The molecule has 0 radical (unpaired) electrons. The molecule has 174 valence electrons. The van der Waals surface area contributed by atoms with Crippen LogP contribution in [-0.2, 0) is 9.59 Å². The van der Waals surface area contributed by atoms with E-state index in [2.05, 4.69) is 0 Å². The third kappa shape index (κ3) is 3.66. The smallest absolute Gasteiger partial charge is 0.300 e. The lowest BCUT2D eigenvalue weighted by Gasteiger charge is -2.28. The second-order valence-electron chi connectivity index (χ2n) is 8.73. The van der Waals surface area contributed by atoms with Crippen molar-refractivity contribution in [3.8, 4) is 5.75 Å². The Labute approximate surface area is 203 Å². The van der Waals surface area contributed by atoms with Gasteiger partial charge in [0.2, 0.25) is 0 Å². The first-order chi connectivity index (χ1) is 16.9.